The largest absolute Gasteiger partial charge is 0.444 e. The van der Waals surface area contributed by atoms with E-state index in [1.165, 1.54) is 11.3 Å². The summed E-state index contributed by atoms with van der Waals surface area (Å²) in [5.41, 5.74) is 7.20. The number of aryl methyl sites for hydroxylation is 1. The monoisotopic (exact) mass is 647 g/mol. The van der Waals surface area contributed by atoms with Crippen LogP contribution >= 0.6 is 0 Å². The molecule has 6 rings (SSSR count). The Kier molecular flexibility index (Phi) is 8.97. The van der Waals surface area contributed by atoms with Crippen LogP contribution in [0.3, 0.4) is 0 Å². The number of hydrogen-bond acceptors (Lipinski definition) is 7. The molecular weight excluding hydrogens is 598 g/mol. The van der Waals surface area contributed by atoms with Gasteiger partial charge < -0.3 is 19.1 Å². The number of imidazole rings is 1. The molecule has 1 amide bonds. The van der Waals surface area contributed by atoms with Crippen molar-refractivity contribution in [2.45, 2.75) is 71.4 Å². The minimum atomic E-state index is -2.97. The van der Waals surface area contributed by atoms with Crippen molar-refractivity contribution in [2.75, 3.05) is 55.7 Å². The number of rotatable bonds is 5. The lowest BCUT2D eigenvalue weighted by molar-refractivity contribution is 0.0270. The number of sulfone groups is 1. The summed E-state index contributed by atoms with van der Waals surface area (Å²) in [6.45, 7) is 15.5. The predicted molar refractivity (Wildman–Crippen MR) is 186 cm³/mol. The van der Waals surface area contributed by atoms with Crippen molar-refractivity contribution in [2.24, 2.45) is 7.05 Å². The summed E-state index contributed by atoms with van der Waals surface area (Å²) in [6.07, 6.45) is 3.74. The first-order valence-electron chi connectivity index (χ1n) is 16.8. The van der Waals surface area contributed by atoms with E-state index in [-0.39, 0.29) is 23.5 Å². The van der Waals surface area contributed by atoms with E-state index >= 15 is 0 Å². The van der Waals surface area contributed by atoms with Crippen LogP contribution in [0.15, 0.2) is 42.5 Å². The van der Waals surface area contributed by atoms with Crippen LogP contribution in [0.1, 0.15) is 71.2 Å². The quantitative estimate of drug-likeness (QED) is 0.331. The third-order valence-electron chi connectivity index (χ3n) is 9.76. The molecule has 0 radical (unpaired) electrons. The smallest absolute Gasteiger partial charge is 0.410 e. The first-order valence-corrected chi connectivity index (χ1v) is 18.6. The van der Waals surface area contributed by atoms with E-state index in [0.29, 0.717) is 38.4 Å². The van der Waals surface area contributed by atoms with Gasteiger partial charge in [-0.1, -0.05) is 18.2 Å². The highest BCUT2D eigenvalue weighted by Crippen LogP contribution is 2.38. The van der Waals surface area contributed by atoms with Gasteiger partial charge in [0, 0.05) is 69.5 Å². The Hall–Kier alpha value is -3.37. The highest BCUT2D eigenvalue weighted by molar-refractivity contribution is 7.91. The van der Waals surface area contributed by atoms with E-state index in [1.54, 1.807) is 4.90 Å². The lowest BCUT2D eigenvalue weighted by Crippen LogP contribution is -2.48. The van der Waals surface area contributed by atoms with E-state index in [1.807, 2.05) is 20.8 Å². The van der Waals surface area contributed by atoms with Gasteiger partial charge in [-0.25, -0.2) is 18.2 Å². The van der Waals surface area contributed by atoms with E-state index in [9.17, 15) is 13.2 Å². The number of nitrogens with zero attached hydrogens (tertiary/aromatic N) is 5. The Morgan fingerprint density at radius 3 is 2.22 bits per heavy atom. The number of amides is 1. The second kappa shape index (κ2) is 12.7. The number of anilines is 1. The third kappa shape index (κ3) is 6.98. The van der Waals surface area contributed by atoms with Crippen molar-refractivity contribution in [3.63, 3.8) is 0 Å². The lowest BCUT2D eigenvalue weighted by Gasteiger charge is -2.38. The summed E-state index contributed by atoms with van der Waals surface area (Å²) in [5, 5.41) is 0. The summed E-state index contributed by atoms with van der Waals surface area (Å²) in [6, 6.07) is 14.0. The maximum absolute atomic E-state index is 12.8. The zero-order valence-electron chi connectivity index (χ0n) is 28.3. The predicted octanol–water partition coefficient (Wildman–Crippen LogP) is 6.09. The van der Waals surface area contributed by atoms with Crippen molar-refractivity contribution >= 4 is 38.2 Å². The Morgan fingerprint density at radius 2 is 1.63 bits per heavy atom. The van der Waals surface area contributed by atoms with Crippen LogP contribution in [0.2, 0.25) is 0 Å². The molecule has 0 N–H and O–H groups in total. The summed E-state index contributed by atoms with van der Waals surface area (Å²) in [5.74, 6) is 1.48. The maximum Gasteiger partial charge on any atom is 0.410 e. The summed E-state index contributed by atoms with van der Waals surface area (Å²) >= 11 is 0. The Balaban J connectivity index is 1.33. The molecule has 2 aromatic carbocycles. The van der Waals surface area contributed by atoms with Gasteiger partial charge in [-0.05, 0) is 94.8 Å². The molecule has 248 valence electrons. The second-order valence-corrected chi connectivity index (χ2v) is 16.7. The molecule has 1 aromatic heterocycles. The second-order valence-electron chi connectivity index (χ2n) is 14.4. The van der Waals surface area contributed by atoms with Crippen LogP contribution < -0.4 is 4.90 Å². The molecule has 4 heterocycles. The highest BCUT2D eigenvalue weighted by Gasteiger charge is 2.30. The van der Waals surface area contributed by atoms with Crippen LogP contribution in [-0.2, 0) is 21.6 Å². The third-order valence-corrected chi connectivity index (χ3v) is 11.5. The fourth-order valence-electron chi connectivity index (χ4n) is 7.00. The van der Waals surface area contributed by atoms with E-state index in [0.717, 1.165) is 59.7 Å². The van der Waals surface area contributed by atoms with Crippen molar-refractivity contribution in [3.05, 3.63) is 53.9 Å². The van der Waals surface area contributed by atoms with Crippen molar-refractivity contribution < 1.29 is 17.9 Å². The molecule has 0 spiro atoms. The highest BCUT2D eigenvalue weighted by atomic mass is 32.2. The average Bonchev–Trinajstić information content (AvgIpc) is 3.36. The van der Waals surface area contributed by atoms with Crippen molar-refractivity contribution in [1.82, 2.24) is 19.4 Å². The number of benzene rings is 2. The molecule has 10 heteroatoms. The molecule has 0 bridgehead atoms. The minimum absolute atomic E-state index is 0.107. The fourth-order valence-corrected chi connectivity index (χ4v) is 8.49. The molecule has 46 heavy (non-hydrogen) atoms. The molecule has 3 aliphatic heterocycles. The summed E-state index contributed by atoms with van der Waals surface area (Å²) in [7, 11) is -0.915. The Labute approximate surface area is 274 Å². The number of carbonyl (C=O) groups excluding carboxylic acids is 1. The van der Waals surface area contributed by atoms with Crippen LogP contribution in [-0.4, -0.2) is 96.3 Å². The standard InChI is InChI=1S/C36H49N5O4S/c1-25(2)39-17-19-40(20-18-39)30-9-7-26(8-10-30)29-23-31(27-11-15-41(16-12-27)35(42)45-36(3,4)5)33-32(24-29)38(6)34(37-33)28-13-21-46(43,44)22-14-28/h7-11,23-25,28H,12-22H2,1-6H3. The van der Waals surface area contributed by atoms with Gasteiger partial charge in [-0.15, -0.1) is 0 Å². The number of piperazine rings is 1. The average molecular weight is 648 g/mol. The zero-order chi connectivity index (χ0) is 32.8. The van der Waals surface area contributed by atoms with Gasteiger partial charge in [0.2, 0.25) is 0 Å². The molecular formula is C36H49N5O4S. The van der Waals surface area contributed by atoms with Gasteiger partial charge in [0.1, 0.15) is 21.3 Å². The number of carbonyl (C=O) groups is 1. The van der Waals surface area contributed by atoms with Gasteiger partial charge in [0.25, 0.3) is 0 Å². The fraction of sp³-hybridized carbons (Fsp3) is 0.556. The first kappa shape index (κ1) is 32.6. The maximum atomic E-state index is 12.8. The molecule has 3 aliphatic rings. The van der Waals surface area contributed by atoms with E-state index < -0.39 is 15.4 Å². The Bertz CT molecular complexity index is 1710. The van der Waals surface area contributed by atoms with Crippen molar-refractivity contribution in [1.29, 1.82) is 0 Å². The normalized spacial score (nSPS) is 19.9. The lowest BCUT2D eigenvalue weighted by atomic mass is 9.94. The van der Waals surface area contributed by atoms with E-state index in [2.05, 4.69) is 77.7 Å². The first-order chi connectivity index (χ1) is 21.8. The molecule has 2 fully saturated rings. The van der Waals surface area contributed by atoms with Crippen LogP contribution in [0, 0.1) is 0 Å². The summed E-state index contributed by atoms with van der Waals surface area (Å²) in [4.78, 5) is 24.7. The molecule has 9 nitrogen and oxygen atoms in total. The van der Waals surface area contributed by atoms with E-state index in [4.69, 9.17) is 9.72 Å². The van der Waals surface area contributed by atoms with Crippen molar-refractivity contribution in [3.8, 4) is 11.1 Å². The zero-order valence-corrected chi connectivity index (χ0v) is 29.1. The van der Waals surface area contributed by atoms with Crippen LogP contribution in [0.5, 0.6) is 0 Å². The molecule has 0 aliphatic carbocycles. The van der Waals surface area contributed by atoms with Gasteiger partial charge in [-0.2, -0.15) is 0 Å². The molecule has 3 aromatic rings. The number of aromatic nitrogens is 2. The number of ether oxygens (including phenoxy) is 1. The Morgan fingerprint density at radius 1 is 0.957 bits per heavy atom. The minimum Gasteiger partial charge on any atom is -0.444 e. The molecule has 2 saturated heterocycles. The molecule has 0 saturated carbocycles. The van der Waals surface area contributed by atoms with Gasteiger partial charge in [0.05, 0.1) is 22.5 Å². The molecule has 0 unspecified atom stereocenters. The van der Waals surface area contributed by atoms with Gasteiger partial charge >= 0.3 is 6.09 Å². The summed E-state index contributed by atoms with van der Waals surface area (Å²) < 4.78 is 32.2. The SMILES string of the molecule is CC(C)N1CCN(c2ccc(-c3cc(C4=CCN(C(=O)OC(C)(C)C)CC4)c4nc(C5CCS(=O)(=O)CC5)n(C)c4c3)cc2)CC1. The molecule has 0 atom stereocenters. The number of fused-ring (bicyclic) bond motifs is 1. The number of hydrogen-bond donors (Lipinski definition) is 0. The van der Waals surface area contributed by atoms with Crippen LogP contribution in [0.25, 0.3) is 27.7 Å². The topological polar surface area (TPSA) is 88.0 Å². The van der Waals surface area contributed by atoms with Crippen LogP contribution in [0.4, 0.5) is 10.5 Å². The van der Waals surface area contributed by atoms with Gasteiger partial charge in [0.15, 0.2) is 0 Å². The van der Waals surface area contributed by atoms with Gasteiger partial charge in [-0.3, -0.25) is 4.90 Å².